The molecule has 2 atom stereocenters. The van der Waals surface area contributed by atoms with Gasteiger partial charge in [0.2, 0.25) is 0 Å². The van der Waals surface area contributed by atoms with Gasteiger partial charge in [-0.3, -0.25) is 10.1 Å². The van der Waals surface area contributed by atoms with Crippen LogP contribution in [0.5, 0.6) is 5.75 Å². The van der Waals surface area contributed by atoms with E-state index in [9.17, 15) is 15.2 Å². The standard InChI is InChI=1S/C18H23NO3/c1-16-6-12-7-17(2,9-16)11-18(8-12,10-16)13-3-4-15(20)14(5-13)19(21)22/h3-5,12,20H,6-11H2,1-2H3. The number of nitrogens with zero attached hydrogens (tertiary/aromatic N) is 1. The van der Waals surface area contributed by atoms with Gasteiger partial charge in [-0.1, -0.05) is 19.9 Å². The highest BCUT2D eigenvalue weighted by Crippen LogP contribution is 2.70. The Morgan fingerprint density at radius 1 is 1.14 bits per heavy atom. The molecule has 2 unspecified atom stereocenters. The lowest BCUT2D eigenvalue weighted by molar-refractivity contribution is -0.386. The molecule has 0 aromatic heterocycles. The highest BCUT2D eigenvalue weighted by atomic mass is 16.6. The van der Waals surface area contributed by atoms with E-state index in [2.05, 4.69) is 13.8 Å². The van der Waals surface area contributed by atoms with Crippen molar-refractivity contribution in [3.8, 4) is 5.75 Å². The van der Waals surface area contributed by atoms with Gasteiger partial charge in [-0.25, -0.2) is 0 Å². The van der Waals surface area contributed by atoms with Crippen molar-refractivity contribution >= 4 is 5.69 Å². The maximum Gasteiger partial charge on any atom is 0.310 e. The van der Waals surface area contributed by atoms with Crippen molar-refractivity contribution in [3.63, 3.8) is 0 Å². The molecule has 0 spiro atoms. The zero-order valence-electron chi connectivity index (χ0n) is 13.3. The second kappa shape index (κ2) is 4.03. The SMILES string of the molecule is CC12CC3CC(C)(C1)CC(c1ccc(O)c([N+](=O)[O-])c1)(C3)C2. The number of benzene rings is 1. The molecule has 4 saturated carbocycles. The summed E-state index contributed by atoms with van der Waals surface area (Å²) in [6.07, 6.45) is 7.33. The Bertz CT molecular complexity index is 650. The Kier molecular flexibility index (Phi) is 2.57. The zero-order chi connectivity index (χ0) is 15.8. The number of hydrogen-bond donors (Lipinski definition) is 1. The van der Waals surface area contributed by atoms with Gasteiger partial charge in [0.15, 0.2) is 5.75 Å². The van der Waals surface area contributed by atoms with Gasteiger partial charge in [-0.15, -0.1) is 0 Å². The lowest BCUT2D eigenvalue weighted by Crippen LogP contribution is -2.56. The minimum atomic E-state index is -0.469. The third-order valence-electron chi connectivity index (χ3n) is 6.41. The van der Waals surface area contributed by atoms with Crippen LogP contribution in [0.15, 0.2) is 18.2 Å². The fraction of sp³-hybridized carbons (Fsp3) is 0.667. The van der Waals surface area contributed by atoms with Gasteiger partial charge >= 0.3 is 5.69 Å². The van der Waals surface area contributed by atoms with Crippen molar-refractivity contribution in [1.82, 2.24) is 0 Å². The van der Waals surface area contributed by atoms with Crippen LogP contribution < -0.4 is 0 Å². The normalized spacial score (nSPS) is 42.5. The summed E-state index contributed by atoms with van der Waals surface area (Å²) in [6.45, 7) is 4.80. The molecule has 4 heteroatoms. The maximum atomic E-state index is 11.2. The summed E-state index contributed by atoms with van der Waals surface area (Å²) in [5, 5.41) is 20.9. The van der Waals surface area contributed by atoms with E-state index in [-0.39, 0.29) is 16.9 Å². The smallest absolute Gasteiger partial charge is 0.310 e. The molecule has 118 valence electrons. The van der Waals surface area contributed by atoms with Gasteiger partial charge in [0, 0.05) is 6.07 Å². The van der Waals surface area contributed by atoms with Crippen LogP contribution >= 0.6 is 0 Å². The molecular formula is C18H23NO3. The van der Waals surface area contributed by atoms with Gasteiger partial charge in [0.25, 0.3) is 0 Å². The molecule has 1 aromatic rings. The van der Waals surface area contributed by atoms with Crippen molar-refractivity contribution < 1.29 is 10.0 Å². The molecule has 1 aromatic carbocycles. The number of aromatic hydroxyl groups is 1. The first-order valence-electron chi connectivity index (χ1n) is 8.21. The molecular weight excluding hydrogens is 278 g/mol. The van der Waals surface area contributed by atoms with E-state index in [1.165, 1.54) is 25.3 Å². The number of nitro groups is 1. The Labute approximate surface area is 130 Å². The summed E-state index contributed by atoms with van der Waals surface area (Å²) in [7, 11) is 0. The van der Waals surface area contributed by atoms with Gasteiger partial charge in [0.1, 0.15) is 0 Å². The topological polar surface area (TPSA) is 63.4 Å². The molecule has 22 heavy (non-hydrogen) atoms. The van der Waals surface area contributed by atoms with E-state index in [4.69, 9.17) is 0 Å². The van der Waals surface area contributed by atoms with E-state index in [1.807, 2.05) is 6.07 Å². The van der Waals surface area contributed by atoms with Crippen molar-refractivity contribution in [1.29, 1.82) is 0 Å². The Hall–Kier alpha value is -1.58. The molecule has 5 rings (SSSR count). The summed E-state index contributed by atoms with van der Waals surface area (Å²) < 4.78 is 0. The lowest BCUT2D eigenvalue weighted by atomic mass is 9.39. The summed E-state index contributed by atoms with van der Waals surface area (Å²) in [5.74, 6) is 0.523. The molecule has 0 amide bonds. The summed E-state index contributed by atoms with van der Waals surface area (Å²) >= 11 is 0. The first kappa shape index (κ1) is 14.0. The molecule has 4 bridgehead atoms. The van der Waals surface area contributed by atoms with Gasteiger partial charge in [-0.2, -0.15) is 0 Å². The average molecular weight is 301 g/mol. The van der Waals surface area contributed by atoms with Crippen LogP contribution in [0.2, 0.25) is 0 Å². The minimum Gasteiger partial charge on any atom is -0.502 e. The number of rotatable bonds is 2. The van der Waals surface area contributed by atoms with E-state index < -0.39 is 4.92 Å². The third-order valence-corrected chi connectivity index (χ3v) is 6.41. The first-order chi connectivity index (χ1) is 10.2. The molecule has 4 aliphatic carbocycles. The van der Waals surface area contributed by atoms with Crippen molar-refractivity contribution in [2.45, 2.75) is 57.8 Å². The summed E-state index contributed by atoms with van der Waals surface area (Å²) in [6, 6.07) is 5.06. The van der Waals surface area contributed by atoms with Gasteiger partial charge in [0.05, 0.1) is 4.92 Å². The average Bonchev–Trinajstić information content (AvgIpc) is 2.34. The lowest BCUT2D eigenvalue weighted by Gasteiger charge is -2.65. The van der Waals surface area contributed by atoms with Crippen LogP contribution in [0.1, 0.15) is 57.9 Å². The molecule has 0 heterocycles. The maximum absolute atomic E-state index is 11.2. The molecule has 0 aliphatic heterocycles. The predicted octanol–water partition coefficient (Wildman–Crippen LogP) is 4.55. The van der Waals surface area contributed by atoms with Crippen molar-refractivity contribution in [3.05, 3.63) is 33.9 Å². The molecule has 4 aliphatic rings. The van der Waals surface area contributed by atoms with E-state index in [0.29, 0.717) is 10.8 Å². The molecule has 1 N–H and O–H groups in total. The summed E-state index contributed by atoms with van der Waals surface area (Å²) in [4.78, 5) is 10.7. The second-order valence-corrected chi connectivity index (χ2v) is 8.87. The van der Waals surface area contributed by atoms with Crippen LogP contribution in [0.3, 0.4) is 0 Å². The van der Waals surface area contributed by atoms with Gasteiger partial charge in [-0.05, 0) is 72.3 Å². The molecule has 0 saturated heterocycles. The number of hydrogen-bond acceptors (Lipinski definition) is 3. The van der Waals surface area contributed by atoms with E-state index in [0.717, 1.165) is 30.7 Å². The number of nitro benzene ring substituents is 1. The Morgan fingerprint density at radius 3 is 2.32 bits per heavy atom. The number of phenols is 1. The van der Waals surface area contributed by atoms with Crippen molar-refractivity contribution in [2.75, 3.05) is 0 Å². The monoisotopic (exact) mass is 301 g/mol. The molecule has 4 nitrogen and oxygen atoms in total. The molecule has 0 radical (unpaired) electrons. The first-order valence-corrected chi connectivity index (χ1v) is 8.21. The highest BCUT2D eigenvalue weighted by molar-refractivity contribution is 5.50. The van der Waals surface area contributed by atoms with Crippen LogP contribution in [0.25, 0.3) is 0 Å². The Morgan fingerprint density at radius 2 is 1.77 bits per heavy atom. The van der Waals surface area contributed by atoms with Crippen molar-refractivity contribution in [2.24, 2.45) is 16.7 Å². The quantitative estimate of drug-likeness (QED) is 0.644. The zero-order valence-corrected chi connectivity index (χ0v) is 13.3. The minimum absolute atomic E-state index is 0.0708. The fourth-order valence-electron chi connectivity index (χ4n) is 6.77. The van der Waals surface area contributed by atoms with Crippen LogP contribution in [-0.2, 0) is 5.41 Å². The predicted molar refractivity (Wildman–Crippen MR) is 83.8 cm³/mol. The Balaban J connectivity index is 1.82. The van der Waals surface area contributed by atoms with Crippen LogP contribution in [0.4, 0.5) is 5.69 Å². The van der Waals surface area contributed by atoms with E-state index in [1.54, 1.807) is 6.07 Å². The van der Waals surface area contributed by atoms with Crippen LogP contribution in [-0.4, -0.2) is 10.0 Å². The summed E-state index contributed by atoms with van der Waals surface area (Å²) in [5.41, 5.74) is 1.74. The molecule has 4 fully saturated rings. The largest absolute Gasteiger partial charge is 0.502 e. The number of phenolic OH excluding ortho intramolecular Hbond substituents is 1. The fourth-order valence-corrected chi connectivity index (χ4v) is 6.77. The third kappa shape index (κ3) is 1.89. The second-order valence-electron chi connectivity index (χ2n) is 8.87. The van der Waals surface area contributed by atoms with E-state index >= 15 is 0 Å². The highest BCUT2D eigenvalue weighted by Gasteiger charge is 2.60. The van der Waals surface area contributed by atoms with Gasteiger partial charge < -0.3 is 5.11 Å². The van der Waals surface area contributed by atoms with Crippen LogP contribution in [0, 0.1) is 26.9 Å².